The summed E-state index contributed by atoms with van der Waals surface area (Å²) in [6, 6.07) is 0. The van der Waals surface area contributed by atoms with Gasteiger partial charge in [-0.25, -0.2) is 4.79 Å². The molecule has 0 aliphatic carbocycles. The van der Waals surface area contributed by atoms with Crippen LogP contribution in [0.25, 0.3) is 0 Å². The van der Waals surface area contributed by atoms with Crippen LogP contribution < -0.4 is 0 Å². The number of hydrogen-bond donors (Lipinski definition) is 0. The van der Waals surface area contributed by atoms with Gasteiger partial charge in [-0.05, 0) is 25.7 Å². The van der Waals surface area contributed by atoms with E-state index in [1.54, 1.807) is 0 Å². The summed E-state index contributed by atoms with van der Waals surface area (Å²) in [4.78, 5) is 24.8. The van der Waals surface area contributed by atoms with Crippen LogP contribution in [0.4, 0.5) is 0 Å². The van der Waals surface area contributed by atoms with E-state index < -0.39 is 0 Å². The van der Waals surface area contributed by atoms with Crippen molar-refractivity contribution in [2.45, 2.75) is 181 Å². The molecule has 218 valence electrons. The van der Waals surface area contributed by atoms with Gasteiger partial charge in [0.05, 0.1) is 12.2 Å². The minimum atomic E-state index is -0.318. The van der Waals surface area contributed by atoms with Crippen molar-refractivity contribution in [1.82, 2.24) is 0 Å². The zero-order valence-corrected chi connectivity index (χ0v) is 25.1. The summed E-state index contributed by atoms with van der Waals surface area (Å²) in [5.41, 5.74) is 0.503. The van der Waals surface area contributed by atoms with Gasteiger partial charge in [0.25, 0.3) is 0 Å². The first-order valence-electron chi connectivity index (χ1n) is 16.2. The SMILES string of the molecule is CCCCCCCCCCCCCC(=O)OC=C(CCCCCC)C(=O)OCCCCCCCCCC. The van der Waals surface area contributed by atoms with Gasteiger partial charge < -0.3 is 9.47 Å². The molecule has 0 aliphatic heterocycles. The topological polar surface area (TPSA) is 52.6 Å². The Balaban J connectivity index is 4.10. The highest BCUT2D eigenvalue weighted by Crippen LogP contribution is 2.15. The highest BCUT2D eigenvalue weighted by atomic mass is 16.5. The van der Waals surface area contributed by atoms with E-state index in [2.05, 4.69) is 20.8 Å². The van der Waals surface area contributed by atoms with Crippen LogP contribution in [0.15, 0.2) is 11.8 Å². The van der Waals surface area contributed by atoms with Gasteiger partial charge in [0.1, 0.15) is 6.26 Å². The Morgan fingerprint density at radius 3 is 1.35 bits per heavy atom. The number of rotatable bonds is 28. The molecule has 0 saturated heterocycles. The van der Waals surface area contributed by atoms with Gasteiger partial charge in [-0.3, -0.25) is 4.79 Å². The van der Waals surface area contributed by atoms with Crippen molar-refractivity contribution in [3.05, 3.63) is 11.8 Å². The molecule has 0 unspecified atom stereocenters. The highest BCUT2D eigenvalue weighted by Gasteiger charge is 2.13. The van der Waals surface area contributed by atoms with Crippen molar-refractivity contribution in [2.75, 3.05) is 6.61 Å². The Morgan fingerprint density at radius 2 is 0.865 bits per heavy atom. The highest BCUT2D eigenvalue weighted by molar-refractivity contribution is 5.88. The molecule has 0 spiro atoms. The Bertz CT molecular complexity index is 540. The molecule has 0 aromatic rings. The number of carbonyl (C=O) groups excluding carboxylic acids is 2. The van der Waals surface area contributed by atoms with Crippen LogP contribution in [0, 0.1) is 0 Å². The normalized spacial score (nSPS) is 11.6. The maximum Gasteiger partial charge on any atom is 0.337 e. The van der Waals surface area contributed by atoms with E-state index in [0.29, 0.717) is 25.0 Å². The van der Waals surface area contributed by atoms with Crippen LogP contribution in [0.1, 0.15) is 181 Å². The summed E-state index contributed by atoms with van der Waals surface area (Å²) in [5.74, 6) is -0.556. The molecule has 4 nitrogen and oxygen atoms in total. The Morgan fingerprint density at radius 1 is 0.486 bits per heavy atom. The third-order valence-electron chi connectivity index (χ3n) is 7.11. The van der Waals surface area contributed by atoms with Crippen LogP contribution in [0.5, 0.6) is 0 Å². The molecule has 0 bridgehead atoms. The third kappa shape index (κ3) is 26.1. The number of unbranched alkanes of at least 4 members (excludes halogenated alkanes) is 20. The largest absolute Gasteiger partial charge is 0.462 e. The molecule has 37 heavy (non-hydrogen) atoms. The van der Waals surface area contributed by atoms with Gasteiger partial charge >= 0.3 is 11.9 Å². The maximum absolute atomic E-state index is 12.6. The lowest BCUT2D eigenvalue weighted by atomic mass is 10.1. The predicted molar refractivity (Wildman–Crippen MR) is 158 cm³/mol. The van der Waals surface area contributed by atoms with Crippen molar-refractivity contribution in [1.29, 1.82) is 0 Å². The van der Waals surface area contributed by atoms with Crippen molar-refractivity contribution in [3.8, 4) is 0 Å². The molecule has 4 heteroatoms. The zero-order chi connectivity index (χ0) is 27.2. The molecule has 0 heterocycles. The lowest BCUT2D eigenvalue weighted by Gasteiger charge is -2.09. The lowest BCUT2D eigenvalue weighted by Crippen LogP contribution is -2.11. The summed E-state index contributed by atoms with van der Waals surface area (Å²) in [6.07, 6.45) is 30.2. The van der Waals surface area contributed by atoms with E-state index in [-0.39, 0.29) is 11.9 Å². The predicted octanol–water partition coefficient (Wildman–Crippen LogP) is 10.8. The Labute approximate surface area is 230 Å². The minimum Gasteiger partial charge on any atom is -0.462 e. The second-order valence-corrected chi connectivity index (χ2v) is 10.8. The molecule has 0 aromatic carbocycles. The fourth-order valence-corrected chi connectivity index (χ4v) is 4.57. The Kier molecular flexibility index (Phi) is 28.2. The minimum absolute atomic E-state index is 0.238. The molecule has 0 saturated carbocycles. The smallest absolute Gasteiger partial charge is 0.337 e. The van der Waals surface area contributed by atoms with Crippen molar-refractivity contribution in [2.24, 2.45) is 0 Å². The molecular formula is C33H62O4. The van der Waals surface area contributed by atoms with Gasteiger partial charge in [-0.2, -0.15) is 0 Å². The van der Waals surface area contributed by atoms with Gasteiger partial charge in [0.15, 0.2) is 0 Å². The van der Waals surface area contributed by atoms with E-state index in [1.165, 1.54) is 103 Å². The van der Waals surface area contributed by atoms with Crippen LogP contribution in [0.3, 0.4) is 0 Å². The number of ether oxygens (including phenoxy) is 2. The van der Waals surface area contributed by atoms with Crippen molar-refractivity contribution >= 4 is 11.9 Å². The molecule has 0 rings (SSSR count). The third-order valence-corrected chi connectivity index (χ3v) is 7.11. The second-order valence-electron chi connectivity index (χ2n) is 10.8. The van der Waals surface area contributed by atoms with E-state index >= 15 is 0 Å². The van der Waals surface area contributed by atoms with Crippen molar-refractivity contribution in [3.63, 3.8) is 0 Å². The van der Waals surface area contributed by atoms with E-state index in [0.717, 1.165) is 51.4 Å². The lowest BCUT2D eigenvalue weighted by molar-refractivity contribution is -0.140. The number of hydrogen-bond acceptors (Lipinski definition) is 4. The summed E-state index contributed by atoms with van der Waals surface area (Å²) in [5, 5.41) is 0. The number of esters is 2. The Hall–Kier alpha value is -1.32. The molecule has 0 amide bonds. The first-order chi connectivity index (χ1) is 18.2. The van der Waals surface area contributed by atoms with Crippen LogP contribution in [-0.4, -0.2) is 18.5 Å². The fourth-order valence-electron chi connectivity index (χ4n) is 4.57. The molecule has 0 N–H and O–H groups in total. The quantitative estimate of drug-likeness (QED) is 0.0444. The summed E-state index contributed by atoms with van der Waals surface area (Å²) in [6.45, 7) is 7.12. The van der Waals surface area contributed by atoms with E-state index in [1.807, 2.05) is 0 Å². The van der Waals surface area contributed by atoms with E-state index in [9.17, 15) is 9.59 Å². The second kappa shape index (κ2) is 29.2. The first kappa shape index (κ1) is 35.7. The summed E-state index contributed by atoms with van der Waals surface area (Å²) >= 11 is 0. The molecule has 0 aliphatic rings. The van der Waals surface area contributed by atoms with Crippen molar-refractivity contribution < 1.29 is 19.1 Å². The maximum atomic E-state index is 12.6. The van der Waals surface area contributed by atoms with E-state index in [4.69, 9.17) is 9.47 Å². The average molecular weight is 523 g/mol. The standard InChI is InChI=1S/C33H62O4/c1-4-7-10-13-15-17-18-19-20-22-25-28-32(34)37-30-31(27-24-12-9-6-3)33(35)36-29-26-23-21-16-14-11-8-5-2/h30H,4-29H2,1-3H3. The van der Waals surface area contributed by atoms with Crippen LogP contribution in [0.2, 0.25) is 0 Å². The monoisotopic (exact) mass is 522 g/mol. The first-order valence-corrected chi connectivity index (χ1v) is 16.2. The van der Waals surface area contributed by atoms with Crippen LogP contribution in [-0.2, 0) is 19.1 Å². The fraction of sp³-hybridized carbons (Fsp3) is 0.879. The number of carbonyl (C=O) groups is 2. The van der Waals surface area contributed by atoms with Gasteiger partial charge in [-0.15, -0.1) is 0 Å². The molecule has 0 radical (unpaired) electrons. The summed E-state index contributed by atoms with van der Waals surface area (Å²) < 4.78 is 10.9. The molecular weight excluding hydrogens is 460 g/mol. The average Bonchev–Trinajstić information content (AvgIpc) is 2.90. The van der Waals surface area contributed by atoms with Gasteiger partial charge in [-0.1, -0.05) is 149 Å². The zero-order valence-electron chi connectivity index (χ0n) is 25.1. The molecule has 0 fully saturated rings. The molecule has 0 atom stereocenters. The van der Waals surface area contributed by atoms with Crippen LogP contribution >= 0.6 is 0 Å². The van der Waals surface area contributed by atoms with Gasteiger partial charge in [0.2, 0.25) is 0 Å². The molecule has 0 aromatic heterocycles. The van der Waals surface area contributed by atoms with Gasteiger partial charge in [0, 0.05) is 6.42 Å². The summed E-state index contributed by atoms with van der Waals surface area (Å²) in [7, 11) is 0.